The van der Waals surface area contributed by atoms with Crippen LogP contribution in [0, 0.1) is 5.92 Å². The molecule has 4 heteroatoms. The van der Waals surface area contributed by atoms with Crippen molar-refractivity contribution in [1.29, 1.82) is 0 Å². The van der Waals surface area contributed by atoms with Crippen LogP contribution in [-0.4, -0.2) is 40.9 Å². The number of rotatable bonds is 9. The van der Waals surface area contributed by atoms with E-state index in [0.717, 1.165) is 12.8 Å². The minimum Gasteiger partial charge on any atom is -0.355 e. The maximum atomic E-state index is 12.9. The molecule has 130 valence electrons. The molecule has 0 radical (unpaired) electrons. The van der Waals surface area contributed by atoms with Crippen LogP contribution in [0.3, 0.4) is 0 Å². The highest BCUT2D eigenvalue weighted by Gasteiger charge is 2.41. The number of nitrogens with zero attached hydrogens (tertiary/aromatic N) is 1. The summed E-state index contributed by atoms with van der Waals surface area (Å²) >= 11 is 0. The van der Waals surface area contributed by atoms with Crippen LogP contribution in [-0.2, 0) is 14.3 Å². The lowest BCUT2D eigenvalue weighted by Gasteiger charge is -2.41. The molecule has 0 spiro atoms. The SMILES string of the molecule is CCC(C)C(=O)C(C)OC(C)(CC)C(=O)N(C)C(C)(C)CC. The number of hydrogen-bond acceptors (Lipinski definition) is 3. The molecular weight excluding hydrogens is 278 g/mol. The van der Waals surface area contributed by atoms with Gasteiger partial charge in [-0.15, -0.1) is 0 Å². The molecule has 0 bridgehead atoms. The fraction of sp³-hybridized carbons (Fsp3) is 0.889. The third kappa shape index (κ3) is 4.80. The van der Waals surface area contributed by atoms with Gasteiger partial charge in [-0.05, 0) is 47.0 Å². The van der Waals surface area contributed by atoms with Gasteiger partial charge >= 0.3 is 0 Å². The molecule has 0 aromatic rings. The molecule has 0 heterocycles. The van der Waals surface area contributed by atoms with E-state index in [2.05, 4.69) is 6.92 Å². The predicted octanol–water partition coefficient (Wildman–Crippen LogP) is 3.82. The Morgan fingerprint density at radius 1 is 1.05 bits per heavy atom. The Bertz CT molecular complexity index is 392. The third-order valence-corrected chi connectivity index (χ3v) is 5.14. The summed E-state index contributed by atoms with van der Waals surface area (Å²) in [5, 5.41) is 0. The zero-order valence-corrected chi connectivity index (χ0v) is 15.9. The highest BCUT2D eigenvalue weighted by atomic mass is 16.5. The summed E-state index contributed by atoms with van der Waals surface area (Å²) in [6.07, 6.45) is 1.61. The van der Waals surface area contributed by atoms with Gasteiger partial charge < -0.3 is 9.64 Å². The van der Waals surface area contributed by atoms with Gasteiger partial charge in [-0.3, -0.25) is 9.59 Å². The fourth-order valence-corrected chi connectivity index (χ4v) is 2.20. The van der Waals surface area contributed by atoms with Crippen LogP contribution < -0.4 is 0 Å². The Morgan fingerprint density at radius 3 is 1.91 bits per heavy atom. The monoisotopic (exact) mass is 313 g/mol. The van der Waals surface area contributed by atoms with Gasteiger partial charge in [0, 0.05) is 18.5 Å². The Hall–Kier alpha value is -0.900. The Labute approximate surface area is 136 Å². The number of carbonyl (C=O) groups is 2. The first-order valence-corrected chi connectivity index (χ1v) is 8.46. The summed E-state index contributed by atoms with van der Waals surface area (Å²) in [6, 6.07) is 0. The first kappa shape index (κ1) is 21.1. The van der Waals surface area contributed by atoms with E-state index < -0.39 is 11.7 Å². The molecule has 0 aliphatic heterocycles. The van der Waals surface area contributed by atoms with Crippen molar-refractivity contribution in [3.8, 4) is 0 Å². The lowest BCUT2D eigenvalue weighted by molar-refractivity contribution is -0.171. The molecule has 0 saturated heterocycles. The van der Waals surface area contributed by atoms with Crippen molar-refractivity contribution in [3.63, 3.8) is 0 Å². The van der Waals surface area contributed by atoms with Crippen LogP contribution in [0.25, 0.3) is 0 Å². The number of amides is 1. The molecular formula is C18H35NO3. The second kappa shape index (κ2) is 8.09. The van der Waals surface area contributed by atoms with E-state index in [1.54, 1.807) is 18.7 Å². The van der Waals surface area contributed by atoms with Crippen LogP contribution in [0.4, 0.5) is 0 Å². The van der Waals surface area contributed by atoms with Crippen molar-refractivity contribution in [2.24, 2.45) is 5.92 Å². The van der Waals surface area contributed by atoms with E-state index in [1.807, 2.05) is 41.7 Å². The summed E-state index contributed by atoms with van der Waals surface area (Å²) in [5.74, 6) is -0.0472. The van der Waals surface area contributed by atoms with Gasteiger partial charge in [0.1, 0.15) is 11.7 Å². The van der Waals surface area contributed by atoms with E-state index in [0.29, 0.717) is 6.42 Å². The van der Waals surface area contributed by atoms with Gasteiger partial charge in [0.2, 0.25) is 0 Å². The first-order chi connectivity index (χ1) is 9.96. The molecule has 0 aliphatic rings. The number of Topliss-reactive ketones (excluding diaryl/α,β-unsaturated/α-hetero) is 1. The van der Waals surface area contributed by atoms with Crippen LogP contribution in [0.2, 0.25) is 0 Å². The normalized spacial score (nSPS) is 17.5. The number of likely N-dealkylation sites (N-methyl/N-ethyl adjacent to an activating group) is 1. The molecule has 0 aromatic heterocycles. The average molecular weight is 313 g/mol. The van der Waals surface area contributed by atoms with Crippen molar-refractivity contribution in [2.45, 2.75) is 91.9 Å². The van der Waals surface area contributed by atoms with Gasteiger partial charge in [0.25, 0.3) is 5.91 Å². The van der Waals surface area contributed by atoms with E-state index in [-0.39, 0.29) is 23.1 Å². The van der Waals surface area contributed by atoms with E-state index in [4.69, 9.17) is 4.74 Å². The molecule has 0 fully saturated rings. The molecule has 3 unspecified atom stereocenters. The minimum atomic E-state index is -0.969. The quantitative estimate of drug-likeness (QED) is 0.650. The largest absolute Gasteiger partial charge is 0.355 e. The van der Waals surface area contributed by atoms with E-state index in [1.165, 1.54) is 0 Å². The average Bonchev–Trinajstić information content (AvgIpc) is 2.51. The topological polar surface area (TPSA) is 46.6 Å². The Balaban J connectivity index is 5.20. The van der Waals surface area contributed by atoms with Crippen molar-refractivity contribution in [1.82, 2.24) is 4.90 Å². The summed E-state index contributed by atoms with van der Waals surface area (Å²) in [7, 11) is 1.81. The standard InChI is InChI=1S/C18H35NO3/c1-10-13(4)15(20)14(5)22-18(8,12-3)16(21)19(9)17(6,7)11-2/h13-14H,10-12H2,1-9H3. The van der Waals surface area contributed by atoms with Crippen molar-refractivity contribution >= 4 is 11.7 Å². The summed E-state index contributed by atoms with van der Waals surface area (Å²) in [5.41, 5.74) is -1.20. The molecule has 0 aliphatic carbocycles. The molecule has 0 N–H and O–H groups in total. The van der Waals surface area contributed by atoms with Crippen LogP contribution >= 0.6 is 0 Å². The summed E-state index contributed by atoms with van der Waals surface area (Å²) in [6.45, 7) is 15.5. The zero-order chi connectivity index (χ0) is 17.7. The minimum absolute atomic E-state index is 0.0454. The van der Waals surface area contributed by atoms with Gasteiger partial charge in [0.15, 0.2) is 5.78 Å². The highest BCUT2D eigenvalue weighted by molar-refractivity contribution is 5.87. The highest BCUT2D eigenvalue weighted by Crippen LogP contribution is 2.27. The number of carbonyl (C=O) groups excluding carboxylic acids is 2. The van der Waals surface area contributed by atoms with Crippen LogP contribution in [0.5, 0.6) is 0 Å². The fourth-order valence-electron chi connectivity index (χ4n) is 2.20. The number of hydrogen-bond donors (Lipinski definition) is 0. The third-order valence-electron chi connectivity index (χ3n) is 5.14. The summed E-state index contributed by atoms with van der Waals surface area (Å²) < 4.78 is 5.95. The van der Waals surface area contributed by atoms with Crippen molar-refractivity contribution in [3.05, 3.63) is 0 Å². The second-order valence-corrected chi connectivity index (χ2v) is 7.09. The molecule has 3 atom stereocenters. The molecule has 0 aromatic carbocycles. The first-order valence-electron chi connectivity index (χ1n) is 8.46. The Kier molecular flexibility index (Phi) is 7.76. The van der Waals surface area contributed by atoms with Gasteiger partial charge in [0.05, 0.1) is 0 Å². The predicted molar refractivity (Wildman–Crippen MR) is 90.8 cm³/mol. The maximum absolute atomic E-state index is 12.9. The number of ketones is 1. The second-order valence-electron chi connectivity index (χ2n) is 7.09. The number of ether oxygens (including phenoxy) is 1. The molecule has 1 amide bonds. The zero-order valence-electron chi connectivity index (χ0n) is 15.9. The van der Waals surface area contributed by atoms with Gasteiger partial charge in [-0.2, -0.15) is 0 Å². The lowest BCUT2D eigenvalue weighted by atomic mass is 9.93. The maximum Gasteiger partial charge on any atom is 0.254 e. The van der Waals surface area contributed by atoms with Crippen molar-refractivity contribution < 1.29 is 14.3 Å². The molecule has 0 rings (SSSR count). The Morgan fingerprint density at radius 2 is 1.55 bits per heavy atom. The molecule has 4 nitrogen and oxygen atoms in total. The van der Waals surface area contributed by atoms with E-state index in [9.17, 15) is 9.59 Å². The van der Waals surface area contributed by atoms with Gasteiger partial charge in [-0.25, -0.2) is 0 Å². The smallest absolute Gasteiger partial charge is 0.254 e. The molecule has 0 saturated carbocycles. The van der Waals surface area contributed by atoms with Gasteiger partial charge in [-0.1, -0.05) is 27.7 Å². The van der Waals surface area contributed by atoms with Crippen LogP contribution in [0.1, 0.15) is 74.7 Å². The van der Waals surface area contributed by atoms with Crippen molar-refractivity contribution in [2.75, 3.05) is 7.05 Å². The van der Waals surface area contributed by atoms with Crippen LogP contribution in [0.15, 0.2) is 0 Å². The summed E-state index contributed by atoms with van der Waals surface area (Å²) in [4.78, 5) is 26.9. The molecule has 22 heavy (non-hydrogen) atoms. The lowest BCUT2D eigenvalue weighted by Crippen LogP contribution is -2.55. The van der Waals surface area contributed by atoms with E-state index >= 15 is 0 Å².